The van der Waals surface area contributed by atoms with E-state index in [4.69, 9.17) is 5.11 Å². The molecule has 1 unspecified atom stereocenters. The molecule has 1 fully saturated rings. The molecule has 1 aromatic carbocycles. The zero-order chi connectivity index (χ0) is 14.5. The quantitative estimate of drug-likeness (QED) is 0.924. The summed E-state index contributed by atoms with van der Waals surface area (Å²) in [5, 5.41) is 9.09. The fraction of sp³-hybridized carbons (Fsp3) is 0.500. The van der Waals surface area contributed by atoms with Crippen molar-refractivity contribution >= 4 is 17.0 Å². The van der Waals surface area contributed by atoms with Crippen molar-refractivity contribution in [3.63, 3.8) is 0 Å². The van der Waals surface area contributed by atoms with E-state index in [1.807, 2.05) is 6.07 Å². The lowest BCUT2D eigenvalue weighted by atomic mass is 10.1. The van der Waals surface area contributed by atoms with Crippen molar-refractivity contribution < 1.29 is 9.90 Å². The van der Waals surface area contributed by atoms with E-state index in [0.717, 1.165) is 36.1 Å². The molecule has 20 heavy (non-hydrogen) atoms. The van der Waals surface area contributed by atoms with Crippen molar-refractivity contribution in [3.8, 4) is 0 Å². The van der Waals surface area contributed by atoms with Gasteiger partial charge in [0.25, 0.3) is 0 Å². The number of hydrogen-bond acceptors (Lipinski definition) is 2. The zero-order valence-corrected chi connectivity index (χ0v) is 12.2. The Kier molecular flexibility index (Phi) is 2.85. The minimum atomic E-state index is -0.898. The largest absolute Gasteiger partial charge is 0.478 e. The molecule has 3 rings (SSSR count). The third kappa shape index (κ3) is 1.99. The highest BCUT2D eigenvalue weighted by atomic mass is 16.4. The van der Waals surface area contributed by atoms with Gasteiger partial charge in [-0.15, -0.1) is 0 Å². The molecule has 0 amide bonds. The number of benzene rings is 1. The number of imidazole rings is 1. The molecule has 2 aromatic rings. The van der Waals surface area contributed by atoms with E-state index in [2.05, 4.69) is 30.3 Å². The molecule has 1 aromatic heterocycles. The molecule has 1 aliphatic rings. The summed E-state index contributed by atoms with van der Waals surface area (Å²) >= 11 is 0. The van der Waals surface area contributed by atoms with Gasteiger partial charge < -0.3 is 9.67 Å². The van der Waals surface area contributed by atoms with Gasteiger partial charge in [0.05, 0.1) is 16.6 Å². The van der Waals surface area contributed by atoms with E-state index in [9.17, 15) is 4.79 Å². The van der Waals surface area contributed by atoms with Gasteiger partial charge in [-0.2, -0.15) is 0 Å². The predicted octanol–water partition coefficient (Wildman–Crippen LogP) is 3.66. The highest BCUT2D eigenvalue weighted by Crippen LogP contribution is 2.56. The molecule has 106 valence electrons. The van der Waals surface area contributed by atoms with Gasteiger partial charge in [0.15, 0.2) is 0 Å². The Morgan fingerprint density at radius 2 is 2.20 bits per heavy atom. The van der Waals surface area contributed by atoms with Crippen LogP contribution < -0.4 is 0 Å². The van der Waals surface area contributed by atoms with Gasteiger partial charge in [0, 0.05) is 12.5 Å². The molecular formula is C16H20N2O2. The highest BCUT2D eigenvalue weighted by molar-refractivity contribution is 5.92. The first kappa shape index (κ1) is 13.2. The lowest BCUT2D eigenvalue weighted by Gasteiger charge is -2.10. The van der Waals surface area contributed by atoms with E-state index in [0.29, 0.717) is 17.0 Å². The van der Waals surface area contributed by atoms with Crippen molar-refractivity contribution in [1.82, 2.24) is 9.55 Å². The molecule has 1 saturated carbocycles. The Balaban J connectivity index is 2.15. The van der Waals surface area contributed by atoms with Crippen LogP contribution in [0.1, 0.15) is 55.8 Å². The number of hydrogen-bond donors (Lipinski definition) is 1. The number of aromatic carboxylic acids is 1. The van der Waals surface area contributed by atoms with E-state index in [1.165, 1.54) is 0 Å². The average Bonchev–Trinajstić information content (AvgIpc) is 2.85. The van der Waals surface area contributed by atoms with Crippen LogP contribution in [0.15, 0.2) is 18.2 Å². The van der Waals surface area contributed by atoms with Crippen LogP contribution in [0.3, 0.4) is 0 Å². The molecule has 1 N–H and O–H groups in total. The van der Waals surface area contributed by atoms with Crippen LogP contribution in [0.4, 0.5) is 0 Å². The molecule has 0 saturated heterocycles. The van der Waals surface area contributed by atoms with Crippen LogP contribution >= 0.6 is 0 Å². The molecule has 1 heterocycles. The minimum Gasteiger partial charge on any atom is -0.478 e. The van der Waals surface area contributed by atoms with Crippen LogP contribution in [-0.4, -0.2) is 20.6 Å². The Hall–Kier alpha value is -1.84. The molecular weight excluding hydrogens is 252 g/mol. The Bertz CT molecular complexity index is 685. The van der Waals surface area contributed by atoms with Gasteiger partial charge in [0.2, 0.25) is 0 Å². The number of carboxylic acid groups (broad SMARTS) is 1. The standard InChI is InChI=1S/C16H20N2O2/c1-4-5-14-17-11-8-10(15(19)20)6-7-12(11)18(14)13-9-16(13,2)3/h6-8,13H,4-5,9H2,1-3H3,(H,19,20). The smallest absolute Gasteiger partial charge is 0.335 e. The van der Waals surface area contributed by atoms with Crippen molar-refractivity contribution in [3.05, 3.63) is 29.6 Å². The third-order valence-electron chi connectivity index (χ3n) is 4.26. The molecule has 0 bridgehead atoms. The van der Waals surface area contributed by atoms with Gasteiger partial charge >= 0.3 is 5.97 Å². The average molecular weight is 272 g/mol. The Labute approximate surface area is 118 Å². The number of nitrogens with zero attached hydrogens (tertiary/aromatic N) is 2. The molecule has 0 aliphatic heterocycles. The predicted molar refractivity (Wildman–Crippen MR) is 78.1 cm³/mol. The van der Waals surface area contributed by atoms with Gasteiger partial charge in [-0.25, -0.2) is 9.78 Å². The molecule has 1 atom stereocenters. The van der Waals surface area contributed by atoms with Gasteiger partial charge in [-0.1, -0.05) is 20.8 Å². The number of aryl methyl sites for hydroxylation is 1. The lowest BCUT2D eigenvalue weighted by molar-refractivity contribution is 0.0697. The summed E-state index contributed by atoms with van der Waals surface area (Å²) < 4.78 is 2.32. The number of fused-ring (bicyclic) bond motifs is 1. The van der Waals surface area contributed by atoms with Crippen LogP contribution in [0.25, 0.3) is 11.0 Å². The van der Waals surface area contributed by atoms with Crippen molar-refractivity contribution in [2.24, 2.45) is 5.41 Å². The molecule has 0 radical (unpaired) electrons. The van der Waals surface area contributed by atoms with Crippen molar-refractivity contribution in [2.45, 2.75) is 46.1 Å². The summed E-state index contributed by atoms with van der Waals surface area (Å²) in [6.07, 6.45) is 3.14. The molecule has 4 heteroatoms. The first-order valence-electron chi connectivity index (χ1n) is 7.18. The zero-order valence-electron chi connectivity index (χ0n) is 12.2. The van der Waals surface area contributed by atoms with Gasteiger partial charge in [-0.05, 0) is 36.5 Å². The molecule has 4 nitrogen and oxygen atoms in total. The van der Waals surface area contributed by atoms with Crippen molar-refractivity contribution in [1.29, 1.82) is 0 Å². The monoisotopic (exact) mass is 272 g/mol. The second kappa shape index (κ2) is 4.33. The fourth-order valence-electron chi connectivity index (χ4n) is 2.91. The molecule has 0 spiro atoms. The summed E-state index contributed by atoms with van der Waals surface area (Å²) in [5.74, 6) is 0.186. The number of carbonyl (C=O) groups is 1. The lowest BCUT2D eigenvalue weighted by Crippen LogP contribution is -2.05. The first-order chi connectivity index (χ1) is 9.44. The number of carboxylic acids is 1. The summed E-state index contributed by atoms with van der Waals surface area (Å²) in [7, 11) is 0. The van der Waals surface area contributed by atoms with Crippen LogP contribution in [0.5, 0.6) is 0 Å². The maximum atomic E-state index is 11.1. The maximum absolute atomic E-state index is 11.1. The highest BCUT2D eigenvalue weighted by Gasteiger charge is 2.48. The Morgan fingerprint density at radius 1 is 1.50 bits per heavy atom. The first-order valence-corrected chi connectivity index (χ1v) is 7.18. The second-order valence-corrected chi connectivity index (χ2v) is 6.37. The summed E-state index contributed by atoms with van der Waals surface area (Å²) in [6.45, 7) is 6.68. The van der Waals surface area contributed by atoms with E-state index >= 15 is 0 Å². The van der Waals surface area contributed by atoms with Crippen LogP contribution in [0, 0.1) is 5.41 Å². The van der Waals surface area contributed by atoms with Gasteiger partial charge in [0.1, 0.15) is 5.82 Å². The van der Waals surface area contributed by atoms with Crippen LogP contribution in [-0.2, 0) is 6.42 Å². The van der Waals surface area contributed by atoms with E-state index in [-0.39, 0.29) is 0 Å². The summed E-state index contributed by atoms with van der Waals surface area (Å²) in [4.78, 5) is 15.7. The Morgan fingerprint density at radius 3 is 2.75 bits per heavy atom. The third-order valence-corrected chi connectivity index (χ3v) is 4.26. The topological polar surface area (TPSA) is 55.1 Å². The van der Waals surface area contributed by atoms with Crippen molar-refractivity contribution in [2.75, 3.05) is 0 Å². The molecule has 1 aliphatic carbocycles. The SMILES string of the molecule is CCCc1nc2cc(C(=O)O)ccc2n1C1CC1(C)C. The second-order valence-electron chi connectivity index (χ2n) is 6.37. The summed E-state index contributed by atoms with van der Waals surface area (Å²) in [5.41, 5.74) is 2.49. The minimum absolute atomic E-state index is 0.306. The summed E-state index contributed by atoms with van der Waals surface area (Å²) in [6, 6.07) is 5.75. The fourth-order valence-corrected chi connectivity index (χ4v) is 2.91. The van der Waals surface area contributed by atoms with E-state index in [1.54, 1.807) is 12.1 Å². The number of rotatable bonds is 4. The van der Waals surface area contributed by atoms with E-state index < -0.39 is 5.97 Å². The van der Waals surface area contributed by atoms with Gasteiger partial charge in [-0.3, -0.25) is 0 Å². The normalized spacial score (nSPS) is 20.2. The maximum Gasteiger partial charge on any atom is 0.335 e. The number of aromatic nitrogens is 2. The van der Waals surface area contributed by atoms with Crippen LogP contribution in [0.2, 0.25) is 0 Å².